The Bertz CT molecular complexity index is 499. The fourth-order valence-electron chi connectivity index (χ4n) is 3.77. The van der Waals surface area contributed by atoms with E-state index in [1.807, 2.05) is 0 Å². The maximum Gasteiger partial charge on any atom is 0.129 e. The minimum atomic E-state index is -0.219. The molecule has 1 aliphatic carbocycles. The van der Waals surface area contributed by atoms with Gasteiger partial charge < -0.3 is 10.4 Å². The first-order valence-electron chi connectivity index (χ1n) is 8.73. The van der Waals surface area contributed by atoms with Gasteiger partial charge >= 0.3 is 0 Å². The van der Waals surface area contributed by atoms with Crippen molar-refractivity contribution in [2.45, 2.75) is 63.3 Å². The third-order valence-electron chi connectivity index (χ3n) is 5.21. The van der Waals surface area contributed by atoms with Crippen molar-refractivity contribution in [2.75, 3.05) is 13.1 Å². The molecule has 1 saturated carbocycles. The highest BCUT2D eigenvalue weighted by Crippen LogP contribution is 2.24. The molecule has 0 radical (unpaired) electrons. The van der Waals surface area contributed by atoms with Crippen molar-refractivity contribution < 1.29 is 9.50 Å². The molecule has 2 aliphatic rings. The normalized spacial score (nSPS) is 27.3. The first kappa shape index (κ1) is 17.2. The van der Waals surface area contributed by atoms with E-state index in [0.717, 1.165) is 45.2 Å². The smallest absolute Gasteiger partial charge is 0.129 e. The van der Waals surface area contributed by atoms with Crippen molar-refractivity contribution >= 4 is 11.6 Å². The van der Waals surface area contributed by atoms with E-state index in [4.69, 9.17) is 11.6 Å². The van der Waals surface area contributed by atoms with Crippen molar-refractivity contribution in [2.24, 2.45) is 0 Å². The van der Waals surface area contributed by atoms with E-state index in [0.29, 0.717) is 23.2 Å². The molecule has 1 aliphatic heterocycles. The van der Waals surface area contributed by atoms with Gasteiger partial charge in [-0.2, -0.15) is 0 Å². The third-order valence-corrected chi connectivity index (χ3v) is 5.56. The Hall–Kier alpha value is -0.680. The van der Waals surface area contributed by atoms with Gasteiger partial charge in [0.25, 0.3) is 0 Å². The average molecular weight is 341 g/mol. The molecule has 5 heteroatoms. The number of nitrogens with zero attached hydrogens (tertiary/aromatic N) is 1. The zero-order valence-corrected chi connectivity index (χ0v) is 14.2. The highest BCUT2D eigenvalue weighted by atomic mass is 35.5. The molecule has 1 heterocycles. The topological polar surface area (TPSA) is 35.5 Å². The summed E-state index contributed by atoms with van der Waals surface area (Å²) in [7, 11) is 0. The minimum Gasteiger partial charge on any atom is -0.392 e. The van der Waals surface area contributed by atoms with Gasteiger partial charge in [0.1, 0.15) is 5.82 Å². The van der Waals surface area contributed by atoms with Gasteiger partial charge in [-0.3, -0.25) is 4.90 Å². The molecule has 2 N–H and O–H groups in total. The highest BCUT2D eigenvalue weighted by molar-refractivity contribution is 6.31. The molecular formula is C18H26ClFN2O. The number of benzene rings is 1. The van der Waals surface area contributed by atoms with Crippen LogP contribution in [0.3, 0.4) is 0 Å². The fraction of sp³-hybridized carbons (Fsp3) is 0.667. The summed E-state index contributed by atoms with van der Waals surface area (Å²) >= 11 is 6.12. The number of piperidine rings is 1. The van der Waals surface area contributed by atoms with Crippen molar-refractivity contribution in [3.63, 3.8) is 0 Å². The average Bonchev–Trinajstić information content (AvgIpc) is 2.55. The first-order chi connectivity index (χ1) is 11.1. The monoisotopic (exact) mass is 340 g/mol. The summed E-state index contributed by atoms with van der Waals surface area (Å²) in [5, 5.41) is 14.2. The molecule has 0 spiro atoms. The van der Waals surface area contributed by atoms with Crippen LogP contribution < -0.4 is 5.32 Å². The summed E-state index contributed by atoms with van der Waals surface area (Å²) in [5.74, 6) is -0.219. The lowest BCUT2D eigenvalue weighted by Gasteiger charge is -2.37. The Labute approximate surface area is 142 Å². The van der Waals surface area contributed by atoms with Crippen LogP contribution in [0.1, 0.15) is 44.1 Å². The molecule has 1 aromatic carbocycles. The molecule has 2 atom stereocenters. The zero-order chi connectivity index (χ0) is 16.2. The molecule has 1 saturated heterocycles. The van der Waals surface area contributed by atoms with Gasteiger partial charge in [0.05, 0.1) is 6.10 Å². The second-order valence-corrected chi connectivity index (χ2v) is 7.28. The Morgan fingerprint density at radius 2 is 1.91 bits per heavy atom. The Kier molecular flexibility index (Phi) is 5.91. The SMILES string of the molecule is OC1CCCCC1NC1CCN(Cc2c(F)cccc2Cl)CC1. The van der Waals surface area contributed by atoms with Crippen LogP contribution in [-0.4, -0.2) is 41.3 Å². The number of nitrogens with one attached hydrogen (secondary N) is 1. The van der Waals surface area contributed by atoms with Gasteiger partial charge in [0.15, 0.2) is 0 Å². The second kappa shape index (κ2) is 7.93. The van der Waals surface area contributed by atoms with Gasteiger partial charge in [-0.15, -0.1) is 0 Å². The predicted octanol–water partition coefficient (Wildman–Crippen LogP) is 3.34. The molecule has 0 bridgehead atoms. The summed E-state index contributed by atoms with van der Waals surface area (Å²) in [4.78, 5) is 2.26. The van der Waals surface area contributed by atoms with Crippen molar-refractivity contribution in [1.29, 1.82) is 0 Å². The van der Waals surface area contributed by atoms with Gasteiger partial charge in [-0.1, -0.05) is 30.5 Å². The van der Waals surface area contributed by atoms with E-state index in [1.54, 1.807) is 12.1 Å². The van der Waals surface area contributed by atoms with E-state index < -0.39 is 0 Å². The predicted molar refractivity (Wildman–Crippen MR) is 91.1 cm³/mol. The molecule has 1 aromatic rings. The number of hydrogen-bond acceptors (Lipinski definition) is 3. The standard InChI is InChI=1S/C18H26ClFN2O/c19-15-4-3-5-16(20)14(15)12-22-10-8-13(9-11-22)21-17-6-1-2-7-18(17)23/h3-5,13,17-18,21,23H,1-2,6-12H2. The number of aliphatic hydroxyl groups excluding tert-OH is 1. The number of likely N-dealkylation sites (tertiary alicyclic amines) is 1. The van der Waals surface area contributed by atoms with E-state index in [2.05, 4.69) is 10.2 Å². The van der Waals surface area contributed by atoms with Crippen LogP contribution in [0.25, 0.3) is 0 Å². The van der Waals surface area contributed by atoms with Crippen molar-refractivity contribution in [1.82, 2.24) is 10.2 Å². The third kappa shape index (κ3) is 4.44. The van der Waals surface area contributed by atoms with E-state index in [1.165, 1.54) is 12.5 Å². The van der Waals surface area contributed by atoms with Crippen LogP contribution in [0, 0.1) is 5.82 Å². The maximum absolute atomic E-state index is 13.9. The molecular weight excluding hydrogens is 315 g/mol. The first-order valence-corrected chi connectivity index (χ1v) is 9.10. The fourth-order valence-corrected chi connectivity index (χ4v) is 4.00. The Balaban J connectivity index is 1.48. The molecule has 0 amide bonds. The quantitative estimate of drug-likeness (QED) is 0.882. The van der Waals surface area contributed by atoms with E-state index in [-0.39, 0.29) is 18.0 Å². The number of aliphatic hydroxyl groups is 1. The van der Waals surface area contributed by atoms with Crippen LogP contribution in [-0.2, 0) is 6.54 Å². The lowest BCUT2D eigenvalue weighted by Crippen LogP contribution is -2.50. The van der Waals surface area contributed by atoms with E-state index >= 15 is 0 Å². The van der Waals surface area contributed by atoms with Crippen LogP contribution in [0.5, 0.6) is 0 Å². The summed E-state index contributed by atoms with van der Waals surface area (Å²) in [6, 6.07) is 5.58. The molecule has 128 valence electrons. The molecule has 0 aromatic heterocycles. The van der Waals surface area contributed by atoms with Gasteiger partial charge in [-0.05, 0) is 50.9 Å². The lowest BCUT2D eigenvalue weighted by molar-refractivity contribution is 0.0758. The summed E-state index contributed by atoms with van der Waals surface area (Å²) in [5.41, 5.74) is 0.600. The number of rotatable bonds is 4. The van der Waals surface area contributed by atoms with Crippen LogP contribution >= 0.6 is 11.6 Å². The van der Waals surface area contributed by atoms with Gasteiger partial charge in [-0.25, -0.2) is 4.39 Å². The molecule has 3 nitrogen and oxygen atoms in total. The molecule has 23 heavy (non-hydrogen) atoms. The van der Waals surface area contributed by atoms with Gasteiger partial charge in [0.2, 0.25) is 0 Å². The minimum absolute atomic E-state index is 0.195. The largest absolute Gasteiger partial charge is 0.392 e. The van der Waals surface area contributed by atoms with Crippen LogP contribution in [0.15, 0.2) is 18.2 Å². The van der Waals surface area contributed by atoms with Crippen molar-refractivity contribution in [3.05, 3.63) is 34.6 Å². The van der Waals surface area contributed by atoms with Gasteiger partial charge in [0, 0.05) is 29.2 Å². The highest BCUT2D eigenvalue weighted by Gasteiger charge is 2.27. The zero-order valence-electron chi connectivity index (χ0n) is 13.5. The Morgan fingerprint density at radius 3 is 2.61 bits per heavy atom. The maximum atomic E-state index is 13.9. The second-order valence-electron chi connectivity index (χ2n) is 6.88. The number of halogens is 2. The summed E-state index contributed by atoms with van der Waals surface area (Å²) in [6.45, 7) is 2.45. The molecule has 2 fully saturated rings. The van der Waals surface area contributed by atoms with Crippen molar-refractivity contribution in [3.8, 4) is 0 Å². The molecule has 3 rings (SSSR count). The van der Waals surface area contributed by atoms with E-state index in [9.17, 15) is 9.50 Å². The molecule has 2 unspecified atom stereocenters. The number of hydrogen-bond donors (Lipinski definition) is 2. The lowest BCUT2D eigenvalue weighted by atomic mass is 9.91. The summed E-state index contributed by atoms with van der Waals surface area (Å²) < 4.78 is 13.9. The van der Waals surface area contributed by atoms with Crippen LogP contribution in [0.2, 0.25) is 5.02 Å². The Morgan fingerprint density at radius 1 is 1.17 bits per heavy atom. The summed E-state index contributed by atoms with van der Waals surface area (Å²) in [6.07, 6.45) is 6.22. The van der Waals surface area contributed by atoms with Crippen LogP contribution in [0.4, 0.5) is 4.39 Å².